The van der Waals surface area contributed by atoms with E-state index < -0.39 is 29.2 Å². The topological polar surface area (TPSA) is 79.2 Å². The van der Waals surface area contributed by atoms with Gasteiger partial charge in [0, 0.05) is 6.42 Å². The number of alkyl carbamates (subject to hydrolysis) is 1. The molecule has 0 heterocycles. The number of ether oxygens (including phenoxy) is 1. The molecule has 0 spiro atoms. The summed E-state index contributed by atoms with van der Waals surface area (Å²) in [5.74, 6) is -2.35. The van der Waals surface area contributed by atoms with E-state index in [1.807, 2.05) is 0 Å². The Morgan fingerprint density at radius 1 is 1.21 bits per heavy atom. The summed E-state index contributed by atoms with van der Waals surface area (Å²) in [5.41, 5.74) is -1.43. The van der Waals surface area contributed by atoms with Gasteiger partial charge in [0.05, 0.1) is 11.5 Å². The van der Waals surface area contributed by atoms with E-state index in [0.29, 0.717) is 32.1 Å². The Kier molecular flexibility index (Phi) is 2.96. The fourth-order valence-corrected chi connectivity index (χ4v) is 2.83. The van der Waals surface area contributed by atoms with Crippen LogP contribution in [0.1, 0.15) is 32.1 Å². The van der Waals surface area contributed by atoms with Gasteiger partial charge in [-0.3, -0.25) is 10.1 Å². The third-order valence-electron chi connectivity index (χ3n) is 3.80. The molecule has 2 amide bonds. The Hall–Kier alpha value is -1.78. The van der Waals surface area contributed by atoms with Crippen LogP contribution in [-0.2, 0) is 9.53 Å². The van der Waals surface area contributed by atoms with Crippen LogP contribution in [-0.4, -0.2) is 23.8 Å². The molecule has 0 aromatic carbocycles. The zero-order valence-electron chi connectivity index (χ0n) is 9.84. The number of nitrogens with zero attached hydrogens (tertiary/aromatic N) is 1. The van der Waals surface area contributed by atoms with Crippen LogP contribution in [0.4, 0.5) is 18.0 Å². The van der Waals surface area contributed by atoms with Crippen molar-refractivity contribution >= 4 is 12.0 Å². The van der Waals surface area contributed by atoms with Crippen LogP contribution in [0.25, 0.3) is 0 Å². The van der Waals surface area contributed by atoms with E-state index in [0.717, 1.165) is 5.32 Å². The minimum Gasteiger partial charge on any atom is -0.443 e. The third-order valence-corrected chi connectivity index (χ3v) is 3.80. The minimum atomic E-state index is -5.13. The molecule has 0 atom stereocenters. The lowest BCUT2D eigenvalue weighted by Gasteiger charge is -2.26. The first-order chi connectivity index (χ1) is 8.70. The summed E-state index contributed by atoms with van der Waals surface area (Å²) >= 11 is 0. The largest absolute Gasteiger partial charge is 0.471 e. The van der Waals surface area contributed by atoms with Crippen LogP contribution < -0.4 is 5.32 Å². The fourth-order valence-electron chi connectivity index (χ4n) is 2.83. The number of nitriles is 1. The lowest BCUT2D eigenvalue weighted by atomic mass is 9.86. The predicted octanol–water partition coefficient (Wildman–Crippen LogP) is 2.03. The predicted molar refractivity (Wildman–Crippen MR) is 54.5 cm³/mol. The smallest absolute Gasteiger partial charge is 0.443 e. The second kappa shape index (κ2) is 4.11. The SMILES string of the molecule is N#CC12CCC(OC(=O)NC(=O)C(F)(F)F)(CC1)C2. The molecular weight excluding hydrogens is 265 g/mol. The maximum absolute atomic E-state index is 12.0. The lowest BCUT2D eigenvalue weighted by molar-refractivity contribution is -0.173. The number of hydrogen-bond acceptors (Lipinski definition) is 4. The van der Waals surface area contributed by atoms with Gasteiger partial charge in [-0.15, -0.1) is 0 Å². The average molecular weight is 276 g/mol. The first-order valence-corrected chi connectivity index (χ1v) is 5.73. The van der Waals surface area contributed by atoms with Crippen molar-refractivity contribution in [3.05, 3.63) is 0 Å². The van der Waals surface area contributed by atoms with Crippen molar-refractivity contribution in [3.8, 4) is 6.07 Å². The van der Waals surface area contributed by atoms with Gasteiger partial charge in [-0.25, -0.2) is 4.79 Å². The van der Waals surface area contributed by atoms with Gasteiger partial charge >= 0.3 is 18.2 Å². The van der Waals surface area contributed by atoms with E-state index in [9.17, 15) is 22.8 Å². The summed E-state index contributed by atoms with van der Waals surface area (Å²) in [4.78, 5) is 21.9. The number of hydrogen-bond donors (Lipinski definition) is 1. The molecule has 2 aliphatic carbocycles. The number of imide groups is 1. The maximum atomic E-state index is 12.0. The van der Waals surface area contributed by atoms with Gasteiger partial charge in [-0.2, -0.15) is 18.4 Å². The van der Waals surface area contributed by atoms with E-state index in [4.69, 9.17) is 10.00 Å². The van der Waals surface area contributed by atoms with Crippen molar-refractivity contribution in [1.82, 2.24) is 5.32 Å². The summed E-state index contributed by atoms with van der Waals surface area (Å²) in [6.07, 6.45) is -4.21. The van der Waals surface area contributed by atoms with E-state index in [-0.39, 0.29) is 0 Å². The molecular formula is C11H11F3N2O3. The number of fused-ring (bicyclic) bond motifs is 2. The molecule has 8 heteroatoms. The molecule has 2 aliphatic rings. The van der Waals surface area contributed by atoms with E-state index in [1.165, 1.54) is 0 Å². The first kappa shape index (κ1) is 13.6. The summed E-state index contributed by atoms with van der Waals surface area (Å²) < 4.78 is 40.8. The fraction of sp³-hybridized carbons (Fsp3) is 0.727. The highest BCUT2D eigenvalue weighted by molar-refractivity contribution is 5.95. The number of carbonyl (C=O) groups is 2. The second-order valence-corrected chi connectivity index (χ2v) is 5.09. The molecule has 0 saturated heterocycles. The summed E-state index contributed by atoms with van der Waals surface area (Å²) in [6, 6.07) is 2.17. The highest BCUT2D eigenvalue weighted by Crippen LogP contribution is 2.57. The minimum absolute atomic E-state index is 0.324. The molecule has 5 nitrogen and oxygen atoms in total. The number of alkyl halides is 3. The maximum Gasteiger partial charge on any atom is 0.471 e. The van der Waals surface area contributed by atoms with Crippen LogP contribution in [0.5, 0.6) is 0 Å². The normalized spacial score (nSPS) is 32.7. The van der Waals surface area contributed by atoms with Crippen LogP contribution >= 0.6 is 0 Å². The molecule has 1 N–H and O–H groups in total. The highest BCUT2D eigenvalue weighted by atomic mass is 19.4. The third kappa shape index (κ3) is 2.50. The number of carbonyl (C=O) groups excluding carboxylic acids is 2. The van der Waals surface area contributed by atoms with Crippen molar-refractivity contribution in [3.63, 3.8) is 0 Å². The van der Waals surface area contributed by atoms with Crippen LogP contribution in [0, 0.1) is 16.7 Å². The zero-order valence-corrected chi connectivity index (χ0v) is 9.84. The summed E-state index contributed by atoms with van der Waals surface area (Å²) in [7, 11) is 0. The Morgan fingerprint density at radius 3 is 2.21 bits per heavy atom. The molecule has 2 rings (SSSR count). The standard InChI is InChI=1S/C11H11F3N2O3/c12-11(13,14)7(17)16-8(18)19-10-3-1-9(5-10,6-15)2-4-10/h1-5H2,(H,16,17,18). The number of rotatable bonds is 1. The molecule has 104 valence electrons. The van der Waals surface area contributed by atoms with E-state index in [1.54, 1.807) is 0 Å². The zero-order chi connectivity index (χ0) is 14.3. The van der Waals surface area contributed by atoms with E-state index >= 15 is 0 Å². The van der Waals surface area contributed by atoms with Gasteiger partial charge in [0.1, 0.15) is 5.60 Å². The Bertz CT molecular complexity index is 459. The van der Waals surface area contributed by atoms with Crippen molar-refractivity contribution in [2.75, 3.05) is 0 Å². The Morgan fingerprint density at radius 2 is 1.79 bits per heavy atom. The summed E-state index contributed by atoms with van der Waals surface area (Å²) in [5, 5.41) is 10.2. The lowest BCUT2D eigenvalue weighted by Crippen LogP contribution is -2.44. The van der Waals surface area contributed by atoms with Gasteiger partial charge in [-0.1, -0.05) is 0 Å². The van der Waals surface area contributed by atoms with Gasteiger partial charge in [-0.05, 0) is 25.7 Å². The second-order valence-electron chi connectivity index (χ2n) is 5.09. The van der Waals surface area contributed by atoms with E-state index in [2.05, 4.69) is 6.07 Å². The van der Waals surface area contributed by atoms with Crippen molar-refractivity contribution in [2.24, 2.45) is 5.41 Å². The molecule has 2 saturated carbocycles. The Balaban J connectivity index is 1.95. The van der Waals surface area contributed by atoms with Gasteiger partial charge < -0.3 is 4.74 Å². The highest BCUT2D eigenvalue weighted by Gasteiger charge is 2.57. The number of amides is 2. The van der Waals surface area contributed by atoms with Crippen molar-refractivity contribution in [2.45, 2.75) is 43.9 Å². The molecule has 2 fully saturated rings. The van der Waals surface area contributed by atoms with Gasteiger partial charge in [0.2, 0.25) is 0 Å². The van der Waals surface area contributed by atoms with Crippen molar-refractivity contribution in [1.29, 1.82) is 5.26 Å². The molecule has 0 unspecified atom stereocenters. The number of halogens is 3. The molecule has 0 aromatic heterocycles. The molecule has 0 aliphatic heterocycles. The van der Waals surface area contributed by atoms with Crippen LogP contribution in [0.2, 0.25) is 0 Å². The van der Waals surface area contributed by atoms with Crippen LogP contribution in [0.3, 0.4) is 0 Å². The Labute approximate surface area is 106 Å². The molecule has 2 bridgehead atoms. The van der Waals surface area contributed by atoms with Crippen LogP contribution in [0.15, 0.2) is 0 Å². The molecule has 0 aromatic rings. The molecule has 19 heavy (non-hydrogen) atoms. The summed E-state index contributed by atoms with van der Waals surface area (Å²) in [6.45, 7) is 0. The average Bonchev–Trinajstić information content (AvgIpc) is 2.83. The quantitative estimate of drug-likeness (QED) is 0.794. The van der Waals surface area contributed by atoms with Gasteiger partial charge in [0.15, 0.2) is 0 Å². The van der Waals surface area contributed by atoms with Crippen molar-refractivity contribution < 1.29 is 27.5 Å². The molecule has 0 radical (unpaired) electrons. The first-order valence-electron chi connectivity index (χ1n) is 5.73. The van der Waals surface area contributed by atoms with Gasteiger partial charge in [0.25, 0.3) is 0 Å². The monoisotopic (exact) mass is 276 g/mol. The number of nitrogens with one attached hydrogen (secondary N) is 1.